The number of ether oxygens (including phenoxy) is 1. The molecular weight excluding hydrogens is 346 g/mol. The summed E-state index contributed by atoms with van der Waals surface area (Å²) in [6.45, 7) is 3.38. The van der Waals surface area contributed by atoms with Crippen LogP contribution in [-0.4, -0.2) is 63.3 Å². The zero-order valence-electron chi connectivity index (χ0n) is 15.6. The van der Waals surface area contributed by atoms with Crippen molar-refractivity contribution >= 4 is 11.8 Å². The third-order valence-corrected chi connectivity index (χ3v) is 5.71. The smallest absolute Gasteiger partial charge is 0.259 e. The third kappa shape index (κ3) is 2.75. The van der Waals surface area contributed by atoms with E-state index in [1.54, 1.807) is 31.6 Å². The van der Waals surface area contributed by atoms with Crippen molar-refractivity contribution in [3.8, 4) is 5.88 Å². The number of methoxy groups -OCH3 is 1. The number of likely N-dealkylation sites (tertiary alicyclic amines) is 1. The molecule has 4 rings (SSSR count). The first-order valence-corrected chi connectivity index (χ1v) is 9.16. The van der Waals surface area contributed by atoms with Crippen molar-refractivity contribution in [1.29, 1.82) is 0 Å². The number of nitrogens with zero attached hydrogens (tertiary/aromatic N) is 4. The number of amides is 2. The van der Waals surface area contributed by atoms with Gasteiger partial charge in [0.2, 0.25) is 11.8 Å². The predicted molar refractivity (Wildman–Crippen MR) is 97.3 cm³/mol. The van der Waals surface area contributed by atoms with Crippen molar-refractivity contribution in [2.45, 2.75) is 31.7 Å². The number of H-pyrrole nitrogens is 1. The average Bonchev–Trinajstić information content (AvgIpc) is 3.18. The van der Waals surface area contributed by atoms with Gasteiger partial charge in [-0.3, -0.25) is 9.59 Å². The molecule has 142 valence electrons. The van der Waals surface area contributed by atoms with Gasteiger partial charge in [0.1, 0.15) is 5.56 Å². The minimum atomic E-state index is -0.435. The van der Waals surface area contributed by atoms with E-state index in [4.69, 9.17) is 4.74 Å². The summed E-state index contributed by atoms with van der Waals surface area (Å²) >= 11 is 0. The highest BCUT2D eigenvalue weighted by molar-refractivity contribution is 5.96. The molecule has 0 aromatic carbocycles. The normalized spacial score (nSPS) is 18.3. The Kier molecular flexibility index (Phi) is 4.33. The number of hydrogen-bond donors (Lipinski definition) is 1. The molecule has 1 saturated heterocycles. The maximum Gasteiger partial charge on any atom is 0.259 e. The molecule has 2 aromatic heterocycles. The minimum absolute atomic E-state index is 0.0531. The molecule has 0 aliphatic carbocycles. The summed E-state index contributed by atoms with van der Waals surface area (Å²) in [7, 11) is 1.51. The number of rotatable bonds is 2. The summed E-state index contributed by atoms with van der Waals surface area (Å²) in [4.78, 5) is 40.9. The number of aromatic amines is 1. The lowest BCUT2D eigenvalue weighted by Crippen LogP contribution is -2.58. The second-order valence-electron chi connectivity index (χ2n) is 7.03. The summed E-state index contributed by atoms with van der Waals surface area (Å²) in [5.41, 5.74) is 2.08. The molecule has 2 aromatic rings. The molecule has 0 atom stereocenters. The van der Waals surface area contributed by atoms with Gasteiger partial charge >= 0.3 is 0 Å². The van der Waals surface area contributed by atoms with Gasteiger partial charge in [-0.1, -0.05) is 0 Å². The summed E-state index contributed by atoms with van der Waals surface area (Å²) < 4.78 is 5.23. The van der Waals surface area contributed by atoms with E-state index in [-0.39, 0.29) is 11.8 Å². The van der Waals surface area contributed by atoms with Gasteiger partial charge in [-0.15, -0.1) is 0 Å². The van der Waals surface area contributed by atoms with Crippen LogP contribution in [0.25, 0.3) is 0 Å². The summed E-state index contributed by atoms with van der Waals surface area (Å²) in [6.07, 6.45) is 5.42. The first-order valence-electron chi connectivity index (χ1n) is 9.16. The van der Waals surface area contributed by atoms with Crippen molar-refractivity contribution in [1.82, 2.24) is 24.8 Å². The molecule has 2 aliphatic rings. The Morgan fingerprint density at radius 3 is 2.70 bits per heavy atom. The molecule has 2 amide bonds. The van der Waals surface area contributed by atoms with Crippen molar-refractivity contribution in [3.63, 3.8) is 0 Å². The highest BCUT2D eigenvalue weighted by Gasteiger charge is 2.48. The molecule has 8 nitrogen and oxygen atoms in total. The maximum atomic E-state index is 13.0. The fraction of sp³-hybridized carbons (Fsp3) is 0.474. The van der Waals surface area contributed by atoms with Gasteiger partial charge in [-0.25, -0.2) is 9.97 Å². The third-order valence-electron chi connectivity index (χ3n) is 5.71. The van der Waals surface area contributed by atoms with Crippen molar-refractivity contribution in [2.24, 2.45) is 0 Å². The molecule has 0 saturated carbocycles. The van der Waals surface area contributed by atoms with Crippen molar-refractivity contribution in [3.05, 3.63) is 41.6 Å². The zero-order chi connectivity index (χ0) is 19.0. The second kappa shape index (κ2) is 6.68. The summed E-state index contributed by atoms with van der Waals surface area (Å²) in [6, 6.07) is 3.46. The number of imidazole rings is 1. The van der Waals surface area contributed by atoms with E-state index in [0.29, 0.717) is 43.9 Å². The lowest BCUT2D eigenvalue weighted by molar-refractivity contribution is -0.139. The van der Waals surface area contributed by atoms with Gasteiger partial charge in [-0.2, -0.15) is 0 Å². The Labute approximate surface area is 157 Å². The lowest BCUT2D eigenvalue weighted by atomic mass is 9.78. The first-order chi connectivity index (χ1) is 13.1. The monoisotopic (exact) mass is 369 g/mol. The molecule has 0 unspecified atom stereocenters. The van der Waals surface area contributed by atoms with E-state index in [1.165, 1.54) is 7.11 Å². The van der Waals surface area contributed by atoms with Crippen LogP contribution in [0.3, 0.4) is 0 Å². The molecule has 0 bridgehead atoms. The van der Waals surface area contributed by atoms with Crippen LogP contribution in [0.2, 0.25) is 0 Å². The zero-order valence-corrected chi connectivity index (χ0v) is 15.6. The molecule has 1 fully saturated rings. The number of aromatic nitrogens is 3. The van der Waals surface area contributed by atoms with Crippen LogP contribution in [-0.2, 0) is 16.8 Å². The van der Waals surface area contributed by atoms with Crippen LogP contribution in [0.5, 0.6) is 5.88 Å². The number of nitrogens with one attached hydrogen (secondary N) is 1. The average molecular weight is 369 g/mol. The Morgan fingerprint density at radius 2 is 2.00 bits per heavy atom. The molecule has 8 heteroatoms. The number of carbonyl (C=O) groups is 2. The van der Waals surface area contributed by atoms with Crippen LogP contribution in [0.1, 0.15) is 41.5 Å². The quantitative estimate of drug-likeness (QED) is 0.863. The molecule has 1 spiro atoms. The van der Waals surface area contributed by atoms with Gasteiger partial charge < -0.3 is 19.5 Å². The fourth-order valence-electron chi connectivity index (χ4n) is 4.41. The second-order valence-corrected chi connectivity index (χ2v) is 7.03. The van der Waals surface area contributed by atoms with Gasteiger partial charge in [0, 0.05) is 44.9 Å². The van der Waals surface area contributed by atoms with Crippen LogP contribution in [0.15, 0.2) is 24.7 Å². The van der Waals surface area contributed by atoms with Gasteiger partial charge in [0.25, 0.3) is 5.91 Å². The number of hydrogen-bond acceptors (Lipinski definition) is 5. The van der Waals surface area contributed by atoms with Crippen LogP contribution >= 0.6 is 0 Å². The van der Waals surface area contributed by atoms with E-state index in [0.717, 1.165) is 17.8 Å². The number of carbonyl (C=O) groups excluding carboxylic acids is 2. The minimum Gasteiger partial charge on any atom is -0.480 e. The van der Waals surface area contributed by atoms with Gasteiger partial charge in [0.05, 0.1) is 24.7 Å². The highest BCUT2D eigenvalue weighted by Crippen LogP contribution is 2.42. The Balaban J connectivity index is 1.59. The van der Waals surface area contributed by atoms with Crippen molar-refractivity contribution < 1.29 is 14.3 Å². The maximum absolute atomic E-state index is 13.0. The molecular formula is C19H23N5O3. The Bertz CT molecular complexity index is 870. The molecule has 4 heterocycles. The molecule has 27 heavy (non-hydrogen) atoms. The van der Waals surface area contributed by atoms with Gasteiger partial charge in [-0.05, 0) is 25.0 Å². The number of piperidine rings is 1. The molecule has 1 N–H and O–H groups in total. The standard InChI is InChI=1S/C19H23N5O3/c1-13(25)24-9-5-15-16(22-12-21-15)19(24)6-10-23(11-7-19)18(26)14-4-3-8-20-17(14)27-2/h3-4,8,12H,5-7,9-11H2,1-2H3,(H,21,22). The lowest BCUT2D eigenvalue weighted by Gasteiger charge is -2.50. The van der Waals surface area contributed by atoms with E-state index in [2.05, 4.69) is 15.0 Å². The van der Waals surface area contributed by atoms with Crippen LogP contribution in [0.4, 0.5) is 0 Å². The molecule has 0 radical (unpaired) electrons. The van der Waals surface area contributed by atoms with E-state index in [1.807, 2.05) is 9.80 Å². The Morgan fingerprint density at radius 1 is 1.22 bits per heavy atom. The summed E-state index contributed by atoms with van der Waals surface area (Å²) in [5.74, 6) is 0.292. The topological polar surface area (TPSA) is 91.4 Å². The van der Waals surface area contributed by atoms with E-state index in [9.17, 15) is 9.59 Å². The van der Waals surface area contributed by atoms with Gasteiger partial charge in [0.15, 0.2) is 0 Å². The Hall–Kier alpha value is -2.90. The highest BCUT2D eigenvalue weighted by atomic mass is 16.5. The largest absolute Gasteiger partial charge is 0.480 e. The van der Waals surface area contributed by atoms with Crippen LogP contribution in [0, 0.1) is 0 Å². The SMILES string of the molecule is COc1ncccc1C(=O)N1CCC2(CC1)c1nc[nH]c1CCN2C(C)=O. The summed E-state index contributed by atoms with van der Waals surface area (Å²) in [5, 5.41) is 0. The van der Waals surface area contributed by atoms with Crippen LogP contribution < -0.4 is 4.74 Å². The van der Waals surface area contributed by atoms with Crippen molar-refractivity contribution in [2.75, 3.05) is 26.7 Å². The fourth-order valence-corrected chi connectivity index (χ4v) is 4.41. The van der Waals surface area contributed by atoms with E-state index >= 15 is 0 Å². The number of pyridine rings is 1. The predicted octanol–water partition coefficient (Wildman–Crippen LogP) is 1.35. The first kappa shape index (κ1) is 17.5. The van der Waals surface area contributed by atoms with E-state index < -0.39 is 5.54 Å². The number of fused-ring (bicyclic) bond motifs is 2. The molecule has 2 aliphatic heterocycles.